The summed E-state index contributed by atoms with van der Waals surface area (Å²) in [6.07, 6.45) is 3.37. The molecule has 0 fully saturated rings. The molecule has 0 radical (unpaired) electrons. The van der Waals surface area contributed by atoms with E-state index in [2.05, 4.69) is 15.3 Å². The third-order valence-electron chi connectivity index (χ3n) is 3.07. The maximum Gasteiger partial charge on any atom is 0.119 e. The number of nitrogens with zero attached hydrogens (tertiary/aromatic N) is 2. The summed E-state index contributed by atoms with van der Waals surface area (Å²) in [5, 5.41) is 3.27. The number of benzene rings is 1. The Morgan fingerprint density at radius 3 is 2.76 bits per heavy atom. The highest BCUT2D eigenvalue weighted by molar-refractivity contribution is 5.93. The summed E-state index contributed by atoms with van der Waals surface area (Å²) >= 11 is 0. The van der Waals surface area contributed by atoms with Crippen LogP contribution in [0, 0.1) is 0 Å². The van der Waals surface area contributed by atoms with E-state index in [9.17, 15) is 0 Å². The maximum atomic E-state index is 5.97. The van der Waals surface area contributed by atoms with Crippen LogP contribution in [0.25, 0.3) is 11.0 Å². The standard InChI is InChI=1S/C16H16N4O/c17-13-11-20-14-7-4-8-18-16(14)15(13)19-9-10-21-12-5-2-1-3-6-12/h1-8,11H,9-10,17H2,(H,19,20). The molecular weight excluding hydrogens is 264 g/mol. The fourth-order valence-corrected chi connectivity index (χ4v) is 2.08. The van der Waals surface area contributed by atoms with Gasteiger partial charge in [-0.25, -0.2) is 0 Å². The van der Waals surface area contributed by atoms with Crippen LogP contribution in [0.4, 0.5) is 11.4 Å². The van der Waals surface area contributed by atoms with Gasteiger partial charge in [-0.15, -0.1) is 0 Å². The minimum absolute atomic E-state index is 0.542. The van der Waals surface area contributed by atoms with Gasteiger partial charge in [0.2, 0.25) is 0 Å². The normalized spacial score (nSPS) is 10.5. The van der Waals surface area contributed by atoms with Crippen LogP contribution in [0.3, 0.4) is 0 Å². The molecule has 0 saturated heterocycles. The van der Waals surface area contributed by atoms with E-state index in [1.807, 2.05) is 42.5 Å². The SMILES string of the molecule is Nc1cnc2cccnc2c1NCCOc1ccccc1. The largest absolute Gasteiger partial charge is 0.492 e. The Kier molecular flexibility index (Phi) is 3.82. The number of fused-ring (bicyclic) bond motifs is 1. The van der Waals surface area contributed by atoms with Gasteiger partial charge in [-0.05, 0) is 24.3 Å². The molecule has 0 spiro atoms. The highest BCUT2D eigenvalue weighted by Gasteiger charge is 2.06. The molecule has 0 saturated carbocycles. The van der Waals surface area contributed by atoms with E-state index in [1.54, 1.807) is 12.4 Å². The summed E-state index contributed by atoms with van der Waals surface area (Å²) in [6.45, 7) is 1.18. The van der Waals surface area contributed by atoms with Gasteiger partial charge in [-0.3, -0.25) is 9.97 Å². The first-order valence-corrected chi connectivity index (χ1v) is 6.75. The smallest absolute Gasteiger partial charge is 0.119 e. The Balaban J connectivity index is 1.67. The molecule has 106 valence electrons. The lowest BCUT2D eigenvalue weighted by atomic mass is 10.2. The van der Waals surface area contributed by atoms with Crippen LogP contribution in [-0.2, 0) is 0 Å². The minimum atomic E-state index is 0.542. The highest BCUT2D eigenvalue weighted by atomic mass is 16.5. The molecule has 3 aromatic rings. The molecule has 2 aromatic heterocycles. The minimum Gasteiger partial charge on any atom is -0.492 e. The molecule has 2 heterocycles. The highest BCUT2D eigenvalue weighted by Crippen LogP contribution is 2.25. The van der Waals surface area contributed by atoms with Crippen LogP contribution in [-0.4, -0.2) is 23.1 Å². The molecule has 0 amide bonds. The van der Waals surface area contributed by atoms with Crippen LogP contribution in [0.15, 0.2) is 54.9 Å². The molecule has 3 N–H and O–H groups in total. The number of hydrogen-bond acceptors (Lipinski definition) is 5. The van der Waals surface area contributed by atoms with Crippen molar-refractivity contribution in [3.63, 3.8) is 0 Å². The molecule has 5 nitrogen and oxygen atoms in total. The van der Waals surface area contributed by atoms with Gasteiger partial charge in [0.05, 0.1) is 23.1 Å². The Morgan fingerprint density at radius 2 is 1.90 bits per heavy atom. The van der Waals surface area contributed by atoms with E-state index in [4.69, 9.17) is 10.5 Å². The quantitative estimate of drug-likeness (QED) is 0.703. The maximum absolute atomic E-state index is 5.97. The average Bonchev–Trinajstić information content (AvgIpc) is 2.54. The van der Waals surface area contributed by atoms with Crippen LogP contribution < -0.4 is 15.8 Å². The number of anilines is 2. The Bertz CT molecular complexity index is 731. The van der Waals surface area contributed by atoms with E-state index < -0.39 is 0 Å². The third kappa shape index (κ3) is 3.02. The first-order chi connectivity index (χ1) is 10.3. The molecule has 0 aliphatic heterocycles. The number of nitrogens with two attached hydrogens (primary N) is 1. The van der Waals surface area contributed by atoms with Gasteiger partial charge in [-0.2, -0.15) is 0 Å². The zero-order valence-electron chi connectivity index (χ0n) is 11.5. The average molecular weight is 280 g/mol. The fraction of sp³-hybridized carbons (Fsp3) is 0.125. The van der Waals surface area contributed by atoms with Gasteiger partial charge in [0, 0.05) is 12.7 Å². The van der Waals surface area contributed by atoms with Crippen LogP contribution >= 0.6 is 0 Å². The summed E-state index contributed by atoms with van der Waals surface area (Å²) in [5.74, 6) is 0.852. The Morgan fingerprint density at radius 1 is 1.05 bits per heavy atom. The predicted molar refractivity (Wildman–Crippen MR) is 84.4 cm³/mol. The van der Waals surface area contributed by atoms with E-state index in [-0.39, 0.29) is 0 Å². The first-order valence-electron chi connectivity index (χ1n) is 6.75. The van der Waals surface area contributed by atoms with Gasteiger partial charge >= 0.3 is 0 Å². The number of hydrogen-bond donors (Lipinski definition) is 2. The van der Waals surface area contributed by atoms with Crippen molar-refractivity contribution in [1.29, 1.82) is 0 Å². The monoisotopic (exact) mass is 280 g/mol. The van der Waals surface area contributed by atoms with Crippen molar-refractivity contribution >= 4 is 22.4 Å². The number of ether oxygens (including phenoxy) is 1. The van der Waals surface area contributed by atoms with Crippen LogP contribution in [0.5, 0.6) is 5.75 Å². The van der Waals surface area contributed by atoms with Crippen molar-refractivity contribution in [2.45, 2.75) is 0 Å². The van der Waals surface area contributed by atoms with Gasteiger partial charge in [0.15, 0.2) is 0 Å². The van der Waals surface area contributed by atoms with Gasteiger partial charge in [0.1, 0.15) is 17.9 Å². The second kappa shape index (κ2) is 6.09. The molecule has 3 rings (SSSR count). The molecule has 0 atom stereocenters. The Labute approximate surface area is 122 Å². The summed E-state index contributed by atoms with van der Waals surface area (Å²) in [4.78, 5) is 8.59. The van der Waals surface area contributed by atoms with E-state index in [0.29, 0.717) is 18.8 Å². The molecular formula is C16H16N4O. The summed E-state index contributed by atoms with van der Waals surface area (Å²) < 4.78 is 5.64. The zero-order valence-corrected chi connectivity index (χ0v) is 11.5. The fourth-order valence-electron chi connectivity index (χ4n) is 2.08. The molecule has 0 bridgehead atoms. The summed E-state index contributed by atoms with van der Waals surface area (Å²) in [7, 11) is 0. The van der Waals surface area contributed by atoms with Gasteiger partial charge in [-0.1, -0.05) is 18.2 Å². The number of para-hydroxylation sites is 1. The Hall–Kier alpha value is -2.82. The van der Waals surface area contributed by atoms with Crippen molar-refractivity contribution < 1.29 is 4.74 Å². The van der Waals surface area contributed by atoms with Crippen molar-refractivity contribution in [2.24, 2.45) is 0 Å². The number of nitrogen functional groups attached to an aromatic ring is 1. The summed E-state index contributed by atoms with van der Waals surface area (Å²) in [5.41, 5.74) is 8.95. The predicted octanol–water partition coefficient (Wildman–Crippen LogP) is 2.70. The number of rotatable bonds is 5. The van der Waals surface area contributed by atoms with Crippen LogP contribution in [0.2, 0.25) is 0 Å². The lowest BCUT2D eigenvalue weighted by molar-refractivity contribution is 0.333. The zero-order chi connectivity index (χ0) is 14.5. The number of aromatic nitrogens is 2. The van der Waals surface area contributed by atoms with Crippen LogP contribution in [0.1, 0.15) is 0 Å². The second-order valence-electron chi connectivity index (χ2n) is 4.55. The number of pyridine rings is 2. The molecule has 0 aliphatic rings. The molecule has 0 unspecified atom stereocenters. The molecule has 5 heteroatoms. The number of nitrogens with one attached hydrogen (secondary N) is 1. The van der Waals surface area contributed by atoms with Crippen molar-refractivity contribution in [2.75, 3.05) is 24.2 Å². The molecule has 0 aliphatic carbocycles. The van der Waals surface area contributed by atoms with E-state index in [1.165, 1.54) is 0 Å². The van der Waals surface area contributed by atoms with E-state index in [0.717, 1.165) is 22.5 Å². The molecule has 1 aromatic carbocycles. The third-order valence-corrected chi connectivity index (χ3v) is 3.07. The molecule has 21 heavy (non-hydrogen) atoms. The van der Waals surface area contributed by atoms with Gasteiger partial charge < -0.3 is 15.8 Å². The van der Waals surface area contributed by atoms with Crippen molar-refractivity contribution in [3.8, 4) is 5.75 Å². The first kappa shape index (κ1) is 13.2. The van der Waals surface area contributed by atoms with Gasteiger partial charge in [0.25, 0.3) is 0 Å². The summed E-state index contributed by atoms with van der Waals surface area (Å²) in [6, 6.07) is 13.5. The van der Waals surface area contributed by atoms with Crippen molar-refractivity contribution in [3.05, 3.63) is 54.9 Å². The lowest BCUT2D eigenvalue weighted by Crippen LogP contribution is -2.13. The van der Waals surface area contributed by atoms with E-state index >= 15 is 0 Å². The second-order valence-corrected chi connectivity index (χ2v) is 4.55. The van der Waals surface area contributed by atoms with Crippen molar-refractivity contribution in [1.82, 2.24) is 9.97 Å². The topological polar surface area (TPSA) is 73.1 Å². The lowest BCUT2D eigenvalue weighted by Gasteiger charge is -2.12.